The molecule has 36 heavy (non-hydrogen) atoms. The molecule has 0 unspecified atom stereocenters. The van der Waals surface area contributed by atoms with Gasteiger partial charge < -0.3 is 19.5 Å². The van der Waals surface area contributed by atoms with Gasteiger partial charge in [-0.3, -0.25) is 9.59 Å². The van der Waals surface area contributed by atoms with Crippen LogP contribution in [-0.2, 0) is 23.9 Å². The number of Topliss-reactive ketones (excluding diaryl/α,β-unsaturated/α-hetero) is 1. The fraction of sp³-hybridized carbons (Fsp3) is 0.393. The van der Waals surface area contributed by atoms with E-state index in [2.05, 4.69) is 5.32 Å². The fourth-order valence-corrected chi connectivity index (χ4v) is 6.17. The third-order valence-electron chi connectivity index (χ3n) is 6.76. The van der Waals surface area contributed by atoms with Crippen LogP contribution in [0.4, 0.5) is 0 Å². The minimum absolute atomic E-state index is 0.169. The Morgan fingerprint density at radius 3 is 2.33 bits per heavy atom. The maximum absolute atomic E-state index is 14.2. The summed E-state index contributed by atoms with van der Waals surface area (Å²) in [5.41, 5.74) is 4.05. The van der Waals surface area contributed by atoms with Gasteiger partial charge in [-0.2, -0.15) is 0 Å². The highest BCUT2D eigenvalue weighted by Crippen LogP contribution is 2.49. The number of esters is 2. The number of hydrogen-bond donors (Lipinski definition) is 1. The van der Waals surface area contributed by atoms with Gasteiger partial charge in [0, 0.05) is 27.8 Å². The normalized spacial score (nSPS) is 21.6. The highest BCUT2D eigenvalue weighted by atomic mass is 32.1. The molecule has 1 N–H and O–H groups in total. The molecular formula is C28H31NO6S. The number of allylic oxidation sites excluding steroid dienone is 3. The van der Waals surface area contributed by atoms with Crippen molar-refractivity contribution in [3.05, 3.63) is 74.3 Å². The van der Waals surface area contributed by atoms with Crippen molar-refractivity contribution >= 4 is 29.1 Å². The monoisotopic (exact) mass is 509 g/mol. The fourth-order valence-electron chi connectivity index (χ4n) is 5.12. The van der Waals surface area contributed by atoms with Crippen LogP contribution in [0, 0.1) is 12.8 Å². The van der Waals surface area contributed by atoms with Crippen molar-refractivity contribution in [2.75, 3.05) is 20.3 Å². The van der Waals surface area contributed by atoms with Gasteiger partial charge in [-0.1, -0.05) is 12.1 Å². The second kappa shape index (κ2) is 10.7. The summed E-state index contributed by atoms with van der Waals surface area (Å²) >= 11 is 1.49. The zero-order chi connectivity index (χ0) is 26.0. The molecule has 2 aromatic rings. The molecule has 4 rings (SSSR count). The molecule has 0 spiro atoms. The first-order chi connectivity index (χ1) is 17.3. The van der Waals surface area contributed by atoms with Gasteiger partial charge >= 0.3 is 11.9 Å². The molecule has 0 amide bonds. The van der Waals surface area contributed by atoms with Gasteiger partial charge in [-0.05, 0) is 68.8 Å². The maximum atomic E-state index is 14.2. The van der Waals surface area contributed by atoms with Gasteiger partial charge in [0.15, 0.2) is 5.78 Å². The number of carbonyl (C=O) groups is 3. The maximum Gasteiger partial charge on any atom is 0.336 e. The van der Waals surface area contributed by atoms with Crippen LogP contribution in [-0.4, -0.2) is 38.0 Å². The number of ketones is 1. The molecule has 0 fully saturated rings. The van der Waals surface area contributed by atoms with Crippen molar-refractivity contribution in [3.63, 3.8) is 0 Å². The van der Waals surface area contributed by atoms with Crippen LogP contribution in [0.3, 0.4) is 0 Å². The van der Waals surface area contributed by atoms with E-state index < -0.39 is 29.7 Å². The number of aryl methyl sites for hydroxylation is 1. The smallest absolute Gasteiger partial charge is 0.336 e. The number of dihydropyridines is 1. The van der Waals surface area contributed by atoms with E-state index in [4.69, 9.17) is 14.2 Å². The molecule has 7 nitrogen and oxygen atoms in total. The van der Waals surface area contributed by atoms with E-state index in [0.29, 0.717) is 29.0 Å². The van der Waals surface area contributed by atoms with E-state index in [1.165, 1.54) is 11.3 Å². The van der Waals surface area contributed by atoms with E-state index >= 15 is 0 Å². The lowest BCUT2D eigenvalue weighted by molar-refractivity contribution is -0.152. The summed E-state index contributed by atoms with van der Waals surface area (Å²) in [5.74, 6) is -2.71. The minimum atomic E-state index is -1.02. The number of benzene rings is 1. The van der Waals surface area contributed by atoms with Crippen molar-refractivity contribution in [3.8, 4) is 5.75 Å². The van der Waals surface area contributed by atoms with E-state index in [1.807, 2.05) is 49.6 Å². The van der Waals surface area contributed by atoms with Crippen molar-refractivity contribution in [2.45, 2.75) is 46.0 Å². The third kappa shape index (κ3) is 4.57. The summed E-state index contributed by atoms with van der Waals surface area (Å²) in [6.45, 7) is 7.66. The summed E-state index contributed by atoms with van der Waals surface area (Å²) in [5, 5.41) is 5.27. The van der Waals surface area contributed by atoms with Crippen LogP contribution in [0.2, 0.25) is 0 Å². The number of carbonyl (C=O) groups excluding carboxylic acids is 3. The molecule has 1 aliphatic carbocycles. The Kier molecular flexibility index (Phi) is 7.64. The number of rotatable bonds is 7. The summed E-state index contributed by atoms with van der Waals surface area (Å²) in [7, 11) is 1.59. The summed E-state index contributed by atoms with van der Waals surface area (Å²) < 4.78 is 16.1. The first-order valence-electron chi connectivity index (χ1n) is 12.1. The van der Waals surface area contributed by atoms with E-state index in [9.17, 15) is 14.4 Å². The molecule has 1 aromatic heterocycles. The van der Waals surface area contributed by atoms with Gasteiger partial charge in [0.1, 0.15) is 11.7 Å². The predicted molar refractivity (Wildman–Crippen MR) is 137 cm³/mol. The van der Waals surface area contributed by atoms with Crippen molar-refractivity contribution < 1.29 is 28.6 Å². The van der Waals surface area contributed by atoms with Crippen LogP contribution in [0.5, 0.6) is 5.75 Å². The Labute approximate surface area is 215 Å². The quantitative estimate of drug-likeness (QED) is 0.424. The molecule has 190 valence electrons. The molecule has 0 radical (unpaired) electrons. The van der Waals surface area contributed by atoms with Crippen LogP contribution >= 0.6 is 11.3 Å². The highest BCUT2D eigenvalue weighted by Gasteiger charge is 2.49. The standard InChI is InChI=1S/C28H31NO6S/c1-6-34-27(31)21-16(4)29-20-14-19(17-8-10-18(33-5)11-9-17)22(28(32)35-7-2)25(30)23(20)24(21)26-15(3)12-13-36-26/h8-13,19,22,24,29H,6-7,14H2,1-5H3/t19-,22+,24+/m0/s1. The zero-order valence-corrected chi connectivity index (χ0v) is 22.0. The number of ether oxygens (including phenoxy) is 3. The second-order valence-corrected chi connectivity index (χ2v) is 9.80. The zero-order valence-electron chi connectivity index (χ0n) is 21.2. The minimum Gasteiger partial charge on any atom is -0.497 e. The molecule has 0 saturated heterocycles. The molecule has 0 bridgehead atoms. The Hall–Kier alpha value is -3.39. The Morgan fingerprint density at radius 2 is 1.75 bits per heavy atom. The SMILES string of the molecule is CCOC(=O)C1=C(C)NC2=C(C(=O)[C@H](C(=O)OCC)[C@H](c3ccc(OC)cc3)C2)[C@@H]1c1sccc1C. The van der Waals surface area contributed by atoms with Crippen LogP contribution in [0.15, 0.2) is 58.3 Å². The average Bonchev–Trinajstić information content (AvgIpc) is 3.28. The van der Waals surface area contributed by atoms with Gasteiger partial charge in [0.25, 0.3) is 0 Å². The molecule has 2 heterocycles. The highest BCUT2D eigenvalue weighted by molar-refractivity contribution is 7.10. The summed E-state index contributed by atoms with van der Waals surface area (Å²) in [6.07, 6.45) is 0.422. The van der Waals surface area contributed by atoms with Gasteiger partial charge in [-0.15, -0.1) is 11.3 Å². The molecule has 1 aliphatic heterocycles. The van der Waals surface area contributed by atoms with E-state index in [0.717, 1.165) is 21.7 Å². The van der Waals surface area contributed by atoms with E-state index in [1.54, 1.807) is 21.0 Å². The average molecular weight is 510 g/mol. The Bertz CT molecular complexity index is 1240. The lowest BCUT2D eigenvalue weighted by Crippen LogP contribution is -2.43. The van der Waals surface area contributed by atoms with Crippen LogP contribution < -0.4 is 10.1 Å². The van der Waals surface area contributed by atoms with Crippen molar-refractivity contribution in [1.29, 1.82) is 0 Å². The Balaban J connectivity index is 1.87. The first kappa shape index (κ1) is 25.7. The molecule has 3 atom stereocenters. The number of hydrogen-bond acceptors (Lipinski definition) is 8. The van der Waals surface area contributed by atoms with Crippen LogP contribution in [0.1, 0.15) is 55.0 Å². The molecule has 2 aliphatic rings. The van der Waals surface area contributed by atoms with Gasteiger partial charge in [0.2, 0.25) is 0 Å². The first-order valence-corrected chi connectivity index (χ1v) is 13.0. The third-order valence-corrected chi connectivity index (χ3v) is 7.85. The predicted octanol–water partition coefficient (Wildman–Crippen LogP) is 4.78. The number of methoxy groups -OCH3 is 1. The van der Waals surface area contributed by atoms with E-state index in [-0.39, 0.29) is 19.0 Å². The number of thiophene rings is 1. The molecular weight excluding hydrogens is 478 g/mol. The van der Waals surface area contributed by atoms with Crippen LogP contribution in [0.25, 0.3) is 0 Å². The molecule has 1 aromatic carbocycles. The Morgan fingerprint density at radius 1 is 1.06 bits per heavy atom. The lowest BCUT2D eigenvalue weighted by Gasteiger charge is -2.39. The van der Waals surface area contributed by atoms with Crippen molar-refractivity contribution in [1.82, 2.24) is 5.32 Å². The summed E-state index contributed by atoms with van der Waals surface area (Å²) in [6, 6.07) is 9.37. The number of nitrogens with one attached hydrogen (secondary N) is 1. The summed E-state index contributed by atoms with van der Waals surface area (Å²) in [4.78, 5) is 41.5. The largest absolute Gasteiger partial charge is 0.497 e. The van der Waals surface area contributed by atoms with Gasteiger partial charge in [0.05, 0.1) is 31.8 Å². The molecule has 0 saturated carbocycles. The second-order valence-electron chi connectivity index (χ2n) is 8.85. The van der Waals surface area contributed by atoms with Crippen molar-refractivity contribution in [2.24, 2.45) is 5.92 Å². The topological polar surface area (TPSA) is 90.9 Å². The van der Waals surface area contributed by atoms with Gasteiger partial charge in [-0.25, -0.2) is 4.79 Å². The lowest BCUT2D eigenvalue weighted by atomic mass is 9.68. The molecule has 8 heteroatoms.